The number of rotatable bonds is 4. The Bertz CT molecular complexity index is 1270. The van der Waals surface area contributed by atoms with Gasteiger partial charge in [0.25, 0.3) is 5.91 Å². The number of methoxy groups -OCH3 is 1. The number of benzene rings is 2. The van der Waals surface area contributed by atoms with Crippen LogP contribution in [-0.2, 0) is 22.1 Å². The van der Waals surface area contributed by atoms with Gasteiger partial charge in [0.05, 0.1) is 18.4 Å². The number of ether oxygens (including phenoxy) is 2. The van der Waals surface area contributed by atoms with Crippen molar-refractivity contribution >= 4 is 34.2 Å². The molecule has 2 bridgehead atoms. The molecular formula is C32H41ClN2O4S. The van der Waals surface area contributed by atoms with Crippen LogP contribution in [0, 0.1) is 17.8 Å². The molecule has 0 radical (unpaired) electrons. The first-order chi connectivity index (χ1) is 19.4. The lowest BCUT2D eigenvalue weighted by Gasteiger charge is -2.43. The Hall–Kier alpha value is -2.35. The van der Waals surface area contributed by atoms with Crippen LogP contribution in [0.4, 0.5) is 5.69 Å². The summed E-state index contributed by atoms with van der Waals surface area (Å²) < 4.78 is 27.9. The van der Waals surface area contributed by atoms with Crippen LogP contribution in [0.25, 0.3) is 0 Å². The van der Waals surface area contributed by atoms with Crippen molar-refractivity contribution in [2.24, 2.45) is 17.8 Å². The van der Waals surface area contributed by atoms with Crippen molar-refractivity contribution in [3.05, 3.63) is 70.3 Å². The van der Waals surface area contributed by atoms with Crippen LogP contribution in [0.5, 0.6) is 5.75 Å². The van der Waals surface area contributed by atoms with E-state index in [2.05, 4.69) is 47.8 Å². The molecule has 2 aliphatic heterocycles. The minimum Gasteiger partial charge on any atom is -0.491 e. The number of nitrogens with zero attached hydrogens (tertiary/aromatic N) is 1. The Morgan fingerprint density at radius 2 is 2.02 bits per heavy atom. The van der Waals surface area contributed by atoms with Gasteiger partial charge in [0, 0.05) is 42.5 Å². The van der Waals surface area contributed by atoms with E-state index in [-0.39, 0.29) is 23.8 Å². The predicted octanol–water partition coefficient (Wildman–Crippen LogP) is 6.31. The number of carbonyl (C=O) groups is 1. The van der Waals surface area contributed by atoms with Crippen LogP contribution in [0.15, 0.2) is 48.6 Å². The van der Waals surface area contributed by atoms with Gasteiger partial charge < -0.3 is 14.4 Å². The molecule has 1 N–H and O–H groups in total. The monoisotopic (exact) mass is 584 g/mol. The minimum atomic E-state index is -1.46. The van der Waals surface area contributed by atoms with E-state index in [1.165, 1.54) is 11.1 Å². The Balaban J connectivity index is 1.52. The van der Waals surface area contributed by atoms with E-state index >= 15 is 0 Å². The summed E-state index contributed by atoms with van der Waals surface area (Å²) in [6, 6.07) is 11.8. The molecule has 6 nitrogen and oxygen atoms in total. The number of hydrogen-bond acceptors (Lipinski definition) is 5. The summed E-state index contributed by atoms with van der Waals surface area (Å²) in [5.41, 5.74) is 3.96. The zero-order valence-corrected chi connectivity index (χ0v) is 25.3. The highest BCUT2D eigenvalue weighted by atomic mass is 35.5. The maximum absolute atomic E-state index is 13.1. The second-order valence-corrected chi connectivity index (χ2v) is 13.3. The van der Waals surface area contributed by atoms with Gasteiger partial charge in [-0.05, 0) is 84.9 Å². The third-order valence-corrected chi connectivity index (χ3v) is 10.2. The molecule has 5 rings (SSSR count). The van der Waals surface area contributed by atoms with Gasteiger partial charge in [0.15, 0.2) is 0 Å². The highest BCUT2D eigenvalue weighted by Crippen LogP contribution is 2.43. The second kappa shape index (κ2) is 13.1. The fourth-order valence-electron chi connectivity index (χ4n) is 6.36. The Labute approximate surface area is 246 Å². The third-order valence-electron chi connectivity index (χ3n) is 8.64. The Kier molecular flexibility index (Phi) is 9.54. The molecule has 2 aromatic rings. The summed E-state index contributed by atoms with van der Waals surface area (Å²) in [6.07, 6.45) is 9.48. The first-order valence-electron chi connectivity index (χ1n) is 14.5. The van der Waals surface area contributed by atoms with E-state index in [9.17, 15) is 9.00 Å². The van der Waals surface area contributed by atoms with E-state index in [1.807, 2.05) is 18.2 Å². The Morgan fingerprint density at radius 1 is 1.18 bits per heavy atom. The number of hydrogen-bond donors (Lipinski definition) is 1. The van der Waals surface area contributed by atoms with E-state index in [1.54, 1.807) is 13.2 Å². The predicted molar refractivity (Wildman–Crippen MR) is 163 cm³/mol. The third kappa shape index (κ3) is 6.58. The van der Waals surface area contributed by atoms with Crippen LogP contribution < -0.4 is 14.4 Å². The van der Waals surface area contributed by atoms with Crippen molar-refractivity contribution in [1.82, 2.24) is 4.72 Å². The van der Waals surface area contributed by atoms with Crippen LogP contribution in [0.2, 0.25) is 5.02 Å². The van der Waals surface area contributed by atoms with E-state index in [4.69, 9.17) is 21.1 Å². The zero-order valence-electron chi connectivity index (χ0n) is 23.7. The largest absolute Gasteiger partial charge is 0.491 e. The molecule has 5 unspecified atom stereocenters. The lowest BCUT2D eigenvalue weighted by atomic mass is 9.70. The first-order valence-corrected chi connectivity index (χ1v) is 16.2. The fraction of sp³-hybridized carbons (Fsp3) is 0.531. The van der Waals surface area contributed by atoms with Gasteiger partial charge in [-0.1, -0.05) is 50.1 Å². The van der Waals surface area contributed by atoms with Crippen LogP contribution in [0.1, 0.15) is 66.9 Å². The molecule has 6 atom stereocenters. The SMILES string of the molecule is CCCc1cc(Cl)ccc1C1COc2ccc3cc2N(C1)CC1CCC1C(OC)/C=C/C[C@@H](C)CS(=O)NC3=O. The fourth-order valence-corrected chi connectivity index (χ4v) is 7.62. The standard InChI is InChI=1S/C32H41ClN2O4S/c1-4-6-22-15-26(33)11-13-27(22)25-18-35-17-24-9-12-28(24)30(38-3)8-5-7-21(2)20-40(37)34-32(36)23-10-14-31(39-19-25)29(35)16-23/h5,8,10-11,13-16,21,24-25,28,30H,4,6-7,9,12,17-20H2,1-3H3,(H,34,36)/b8-5+/t21-,24?,25?,28?,30?,40?/m1/s1. The van der Waals surface area contributed by atoms with Crippen LogP contribution >= 0.6 is 11.6 Å². The molecule has 1 saturated carbocycles. The quantitative estimate of drug-likeness (QED) is 0.427. The van der Waals surface area contributed by atoms with Crippen molar-refractivity contribution in [2.75, 3.05) is 37.5 Å². The van der Waals surface area contributed by atoms with Gasteiger partial charge in [0.1, 0.15) is 16.7 Å². The average Bonchev–Trinajstić information content (AvgIpc) is 3.09. The number of anilines is 1. The normalized spacial score (nSPS) is 29.8. The number of aryl methyl sites for hydroxylation is 1. The number of allylic oxidation sites excluding steroid dienone is 1. The molecule has 40 heavy (non-hydrogen) atoms. The molecule has 2 heterocycles. The first kappa shape index (κ1) is 29.2. The topological polar surface area (TPSA) is 67.9 Å². The molecule has 1 amide bonds. The number of fused-ring (bicyclic) bond motifs is 2. The van der Waals surface area contributed by atoms with Crippen LogP contribution in [0.3, 0.4) is 0 Å². The Morgan fingerprint density at radius 3 is 2.77 bits per heavy atom. The van der Waals surface area contributed by atoms with E-state index in [0.717, 1.165) is 61.7 Å². The summed E-state index contributed by atoms with van der Waals surface area (Å²) in [7, 11) is 0.338. The molecule has 0 spiro atoms. The van der Waals surface area contributed by atoms with E-state index < -0.39 is 11.0 Å². The summed E-state index contributed by atoms with van der Waals surface area (Å²) in [4.78, 5) is 15.5. The second-order valence-electron chi connectivity index (χ2n) is 11.6. The van der Waals surface area contributed by atoms with Crippen molar-refractivity contribution in [1.29, 1.82) is 0 Å². The molecule has 0 saturated heterocycles. The van der Waals surface area contributed by atoms with Crippen LogP contribution in [-0.4, -0.2) is 48.8 Å². The van der Waals surface area contributed by atoms with Gasteiger partial charge in [-0.3, -0.25) is 9.52 Å². The van der Waals surface area contributed by atoms with Crippen molar-refractivity contribution in [2.45, 2.75) is 58.0 Å². The molecule has 8 heteroatoms. The highest BCUT2D eigenvalue weighted by molar-refractivity contribution is 7.83. The molecule has 216 valence electrons. The number of amides is 1. The number of nitrogens with one attached hydrogen (secondary N) is 1. The smallest absolute Gasteiger partial charge is 0.263 e. The van der Waals surface area contributed by atoms with E-state index in [0.29, 0.717) is 29.8 Å². The minimum absolute atomic E-state index is 0.0568. The number of carbonyl (C=O) groups excluding carboxylic acids is 1. The summed E-state index contributed by atoms with van der Waals surface area (Å²) >= 11 is 6.39. The van der Waals surface area contributed by atoms with Gasteiger partial charge in [-0.15, -0.1) is 0 Å². The number of halogens is 1. The highest BCUT2D eigenvalue weighted by Gasteiger charge is 2.39. The molecular weight excluding hydrogens is 544 g/mol. The molecule has 1 fully saturated rings. The molecule has 3 aliphatic rings. The average molecular weight is 585 g/mol. The molecule has 1 aliphatic carbocycles. The maximum atomic E-state index is 13.1. The summed E-state index contributed by atoms with van der Waals surface area (Å²) in [5.74, 6) is 2.10. The zero-order chi connectivity index (χ0) is 28.2. The summed E-state index contributed by atoms with van der Waals surface area (Å²) in [6.45, 7) is 6.43. The van der Waals surface area contributed by atoms with Gasteiger partial charge in [-0.25, -0.2) is 4.21 Å². The van der Waals surface area contributed by atoms with Gasteiger partial charge in [-0.2, -0.15) is 0 Å². The molecule has 0 aromatic heterocycles. The van der Waals surface area contributed by atoms with Gasteiger partial charge in [0.2, 0.25) is 0 Å². The van der Waals surface area contributed by atoms with Crippen molar-refractivity contribution < 1.29 is 18.5 Å². The van der Waals surface area contributed by atoms with Gasteiger partial charge >= 0.3 is 0 Å². The van der Waals surface area contributed by atoms with Crippen molar-refractivity contribution in [3.8, 4) is 5.75 Å². The lowest BCUT2D eigenvalue weighted by Crippen LogP contribution is -2.44. The maximum Gasteiger partial charge on any atom is 0.263 e. The summed E-state index contributed by atoms with van der Waals surface area (Å²) in [5, 5.41) is 0.758. The lowest BCUT2D eigenvalue weighted by molar-refractivity contribution is 0.0134. The van der Waals surface area contributed by atoms with Crippen molar-refractivity contribution in [3.63, 3.8) is 0 Å². The molecule has 2 aromatic carbocycles.